The number of hydrogen-bond donors (Lipinski definition) is 2. The van der Waals surface area contributed by atoms with Crippen LogP contribution in [0.15, 0.2) is 46.9 Å². The van der Waals surface area contributed by atoms with E-state index in [1.54, 1.807) is 18.2 Å². The first-order chi connectivity index (χ1) is 9.06. The third-order valence-corrected chi connectivity index (χ3v) is 3.91. The topological polar surface area (TPSA) is 41.1 Å². The highest BCUT2D eigenvalue weighted by Crippen LogP contribution is 2.30. The first-order valence-electron chi connectivity index (χ1n) is 5.65. The lowest BCUT2D eigenvalue weighted by atomic mass is 10.2. The number of amides is 2. The van der Waals surface area contributed by atoms with Gasteiger partial charge in [0.15, 0.2) is 0 Å². The van der Waals surface area contributed by atoms with Gasteiger partial charge in [-0.25, -0.2) is 4.79 Å². The number of benzene rings is 2. The molecule has 2 aromatic rings. The van der Waals surface area contributed by atoms with Crippen molar-refractivity contribution in [3.8, 4) is 0 Å². The SMILES string of the molecule is Cc1ccc(NC(=O)Nc2cccc(Cl)c2Br)cc1. The van der Waals surface area contributed by atoms with E-state index in [0.29, 0.717) is 15.2 Å². The minimum atomic E-state index is -0.313. The van der Waals surface area contributed by atoms with E-state index in [0.717, 1.165) is 11.3 Å². The van der Waals surface area contributed by atoms with Gasteiger partial charge in [0.1, 0.15) is 0 Å². The Bertz CT molecular complexity index is 599. The number of carbonyl (C=O) groups is 1. The smallest absolute Gasteiger partial charge is 0.308 e. The molecule has 19 heavy (non-hydrogen) atoms. The maximum atomic E-state index is 11.8. The minimum Gasteiger partial charge on any atom is -0.308 e. The fourth-order valence-electron chi connectivity index (χ4n) is 1.52. The second-order valence-corrected chi connectivity index (χ2v) is 5.25. The van der Waals surface area contributed by atoms with Gasteiger partial charge in [-0.1, -0.05) is 35.4 Å². The van der Waals surface area contributed by atoms with Gasteiger partial charge in [-0.15, -0.1) is 0 Å². The first-order valence-corrected chi connectivity index (χ1v) is 6.82. The number of hydrogen-bond acceptors (Lipinski definition) is 1. The number of carbonyl (C=O) groups excluding carboxylic acids is 1. The van der Waals surface area contributed by atoms with E-state index in [4.69, 9.17) is 11.6 Å². The molecule has 0 heterocycles. The van der Waals surface area contributed by atoms with Crippen molar-refractivity contribution >= 4 is 44.9 Å². The molecule has 2 rings (SSSR count). The Morgan fingerprint density at radius 2 is 1.79 bits per heavy atom. The Morgan fingerprint density at radius 1 is 1.11 bits per heavy atom. The van der Waals surface area contributed by atoms with Crippen LogP contribution in [-0.2, 0) is 0 Å². The van der Waals surface area contributed by atoms with E-state index in [1.165, 1.54) is 0 Å². The molecule has 0 aliphatic carbocycles. The fraction of sp³-hybridized carbons (Fsp3) is 0.0714. The Hall–Kier alpha value is -1.52. The van der Waals surface area contributed by atoms with Crippen LogP contribution in [0.25, 0.3) is 0 Å². The summed E-state index contributed by atoms with van der Waals surface area (Å²) in [6, 6.07) is 12.5. The summed E-state index contributed by atoms with van der Waals surface area (Å²) in [5.74, 6) is 0. The zero-order valence-electron chi connectivity index (χ0n) is 10.2. The fourth-order valence-corrected chi connectivity index (χ4v) is 2.06. The van der Waals surface area contributed by atoms with Gasteiger partial charge in [0, 0.05) is 5.69 Å². The van der Waals surface area contributed by atoms with Gasteiger partial charge in [0.2, 0.25) is 0 Å². The van der Waals surface area contributed by atoms with Crippen molar-refractivity contribution in [1.29, 1.82) is 0 Å². The summed E-state index contributed by atoms with van der Waals surface area (Å²) < 4.78 is 0.663. The summed E-state index contributed by atoms with van der Waals surface area (Å²) >= 11 is 9.29. The summed E-state index contributed by atoms with van der Waals surface area (Å²) in [4.78, 5) is 11.8. The van der Waals surface area contributed by atoms with Crippen LogP contribution in [0.5, 0.6) is 0 Å². The van der Waals surface area contributed by atoms with Crippen LogP contribution in [0.4, 0.5) is 16.2 Å². The zero-order chi connectivity index (χ0) is 13.8. The van der Waals surface area contributed by atoms with Gasteiger partial charge in [-0.05, 0) is 47.1 Å². The predicted octanol–water partition coefficient (Wildman–Crippen LogP) is 5.05. The van der Waals surface area contributed by atoms with Crippen LogP contribution in [0.3, 0.4) is 0 Å². The standard InChI is InChI=1S/C14H12BrClN2O/c1-9-5-7-10(8-6-9)17-14(19)18-12-4-2-3-11(16)13(12)15/h2-8H,1H3,(H2,17,18,19). The summed E-state index contributed by atoms with van der Waals surface area (Å²) in [5.41, 5.74) is 2.50. The van der Waals surface area contributed by atoms with E-state index in [9.17, 15) is 4.79 Å². The lowest BCUT2D eigenvalue weighted by molar-refractivity contribution is 0.262. The lowest BCUT2D eigenvalue weighted by Gasteiger charge is -2.10. The molecule has 0 aliphatic heterocycles. The Morgan fingerprint density at radius 3 is 2.47 bits per heavy atom. The number of urea groups is 1. The van der Waals surface area contributed by atoms with E-state index < -0.39 is 0 Å². The van der Waals surface area contributed by atoms with Crippen LogP contribution in [0.1, 0.15) is 5.56 Å². The van der Waals surface area contributed by atoms with Crippen molar-refractivity contribution in [2.24, 2.45) is 0 Å². The van der Waals surface area contributed by atoms with Crippen LogP contribution in [0, 0.1) is 6.92 Å². The molecule has 0 aromatic heterocycles. The summed E-state index contributed by atoms with van der Waals surface area (Å²) in [6.45, 7) is 1.99. The molecule has 0 fully saturated rings. The molecule has 0 saturated carbocycles. The predicted molar refractivity (Wildman–Crippen MR) is 83.0 cm³/mol. The molecular weight excluding hydrogens is 328 g/mol. The number of aryl methyl sites for hydroxylation is 1. The van der Waals surface area contributed by atoms with Crippen LogP contribution in [-0.4, -0.2) is 6.03 Å². The minimum absolute atomic E-state index is 0.313. The summed E-state index contributed by atoms with van der Waals surface area (Å²) in [5, 5.41) is 6.03. The van der Waals surface area contributed by atoms with Gasteiger partial charge in [-0.2, -0.15) is 0 Å². The molecule has 0 saturated heterocycles. The van der Waals surface area contributed by atoms with E-state index in [-0.39, 0.29) is 6.03 Å². The molecule has 0 radical (unpaired) electrons. The van der Waals surface area contributed by atoms with Gasteiger partial charge in [-0.3, -0.25) is 0 Å². The van der Waals surface area contributed by atoms with E-state index in [2.05, 4.69) is 26.6 Å². The first kappa shape index (κ1) is 13.9. The van der Waals surface area contributed by atoms with E-state index >= 15 is 0 Å². The van der Waals surface area contributed by atoms with Crippen LogP contribution < -0.4 is 10.6 Å². The summed E-state index contributed by atoms with van der Waals surface area (Å²) in [7, 11) is 0. The Kier molecular flexibility index (Phi) is 4.45. The van der Waals surface area contributed by atoms with Crippen LogP contribution >= 0.6 is 27.5 Å². The van der Waals surface area contributed by atoms with Crippen molar-refractivity contribution in [3.63, 3.8) is 0 Å². The molecule has 0 spiro atoms. The second-order valence-electron chi connectivity index (χ2n) is 4.05. The number of halogens is 2. The van der Waals surface area contributed by atoms with Crippen molar-refractivity contribution in [2.45, 2.75) is 6.92 Å². The van der Waals surface area contributed by atoms with Crippen molar-refractivity contribution in [2.75, 3.05) is 10.6 Å². The molecule has 2 aromatic carbocycles. The molecule has 5 heteroatoms. The van der Waals surface area contributed by atoms with Crippen molar-refractivity contribution < 1.29 is 4.79 Å². The molecule has 0 bridgehead atoms. The maximum absolute atomic E-state index is 11.8. The van der Waals surface area contributed by atoms with Gasteiger partial charge in [0.25, 0.3) is 0 Å². The van der Waals surface area contributed by atoms with Gasteiger partial charge in [0.05, 0.1) is 15.2 Å². The third-order valence-electron chi connectivity index (χ3n) is 2.51. The Labute approximate surface area is 125 Å². The highest BCUT2D eigenvalue weighted by atomic mass is 79.9. The zero-order valence-corrected chi connectivity index (χ0v) is 12.5. The Balaban J connectivity index is 2.05. The van der Waals surface area contributed by atoms with Gasteiger partial charge < -0.3 is 10.6 Å². The highest BCUT2D eigenvalue weighted by Gasteiger charge is 2.07. The van der Waals surface area contributed by atoms with Crippen molar-refractivity contribution in [1.82, 2.24) is 0 Å². The van der Waals surface area contributed by atoms with Crippen molar-refractivity contribution in [3.05, 3.63) is 57.5 Å². The average Bonchev–Trinajstić information content (AvgIpc) is 2.38. The van der Waals surface area contributed by atoms with Gasteiger partial charge >= 0.3 is 6.03 Å². The third kappa shape index (κ3) is 3.72. The molecular formula is C14H12BrClN2O. The monoisotopic (exact) mass is 338 g/mol. The molecule has 2 N–H and O–H groups in total. The average molecular weight is 340 g/mol. The molecule has 0 unspecified atom stereocenters. The molecule has 98 valence electrons. The number of nitrogens with one attached hydrogen (secondary N) is 2. The normalized spacial score (nSPS) is 10.1. The maximum Gasteiger partial charge on any atom is 0.323 e. The number of rotatable bonds is 2. The van der Waals surface area contributed by atoms with E-state index in [1.807, 2.05) is 31.2 Å². The molecule has 0 aliphatic rings. The quantitative estimate of drug-likeness (QED) is 0.789. The van der Waals surface area contributed by atoms with Crippen LogP contribution in [0.2, 0.25) is 5.02 Å². The highest BCUT2D eigenvalue weighted by molar-refractivity contribution is 9.10. The number of anilines is 2. The largest absolute Gasteiger partial charge is 0.323 e. The molecule has 2 amide bonds. The molecule has 0 atom stereocenters. The lowest BCUT2D eigenvalue weighted by Crippen LogP contribution is -2.19. The molecule has 3 nitrogen and oxygen atoms in total. The summed E-state index contributed by atoms with van der Waals surface area (Å²) in [6.07, 6.45) is 0. The second kappa shape index (κ2) is 6.08.